The van der Waals surface area contributed by atoms with Crippen molar-refractivity contribution in [3.63, 3.8) is 0 Å². The van der Waals surface area contributed by atoms with E-state index in [0.29, 0.717) is 0 Å². The van der Waals surface area contributed by atoms with E-state index in [9.17, 15) is 0 Å². The van der Waals surface area contributed by atoms with Crippen molar-refractivity contribution in [2.75, 3.05) is 6.54 Å². The van der Waals surface area contributed by atoms with Crippen molar-refractivity contribution in [3.8, 4) is 5.75 Å². The van der Waals surface area contributed by atoms with E-state index in [1.165, 1.54) is 5.56 Å². The van der Waals surface area contributed by atoms with E-state index in [2.05, 4.69) is 17.4 Å². The van der Waals surface area contributed by atoms with Crippen LogP contribution in [0.1, 0.15) is 17.2 Å². The van der Waals surface area contributed by atoms with Crippen LogP contribution in [0.25, 0.3) is 0 Å². The summed E-state index contributed by atoms with van der Waals surface area (Å²) in [6, 6.07) is 16.0. The van der Waals surface area contributed by atoms with Gasteiger partial charge in [0.1, 0.15) is 11.9 Å². The zero-order chi connectivity index (χ0) is 12.4. The lowest BCUT2D eigenvalue weighted by atomic mass is 10.1. The van der Waals surface area contributed by atoms with Crippen LogP contribution in [0.4, 0.5) is 0 Å². The minimum absolute atomic E-state index is 0.0497. The Morgan fingerprint density at radius 3 is 2.78 bits per heavy atom. The lowest BCUT2D eigenvalue weighted by Gasteiger charge is -2.17. The molecule has 0 bridgehead atoms. The highest BCUT2D eigenvalue weighted by atomic mass is 35.5. The molecule has 3 rings (SSSR count). The first-order valence-electron chi connectivity index (χ1n) is 6.04. The Labute approximate surface area is 112 Å². The molecule has 92 valence electrons. The van der Waals surface area contributed by atoms with E-state index in [0.717, 1.165) is 29.4 Å². The van der Waals surface area contributed by atoms with Gasteiger partial charge in [-0.2, -0.15) is 0 Å². The molecule has 18 heavy (non-hydrogen) atoms. The van der Waals surface area contributed by atoms with Gasteiger partial charge in [-0.15, -0.1) is 0 Å². The molecule has 0 aromatic heterocycles. The Balaban J connectivity index is 1.91. The molecule has 1 aliphatic heterocycles. The van der Waals surface area contributed by atoms with Gasteiger partial charge in [0, 0.05) is 23.7 Å². The standard InChI is InChI=1S/C15H14ClNO/c16-13-6-7-14-12(8-13)9-17-10-15(18-14)11-4-2-1-3-5-11/h1-8,15,17H,9-10H2. The predicted molar refractivity (Wildman–Crippen MR) is 73.0 cm³/mol. The molecule has 1 unspecified atom stereocenters. The van der Waals surface area contributed by atoms with Gasteiger partial charge >= 0.3 is 0 Å². The highest BCUT2D eigenvalue weighted by Crippen LogP contribution is 2.29. The third kappa shape index (κ3) is 2.35. The molecule has 2 aromatic rings. The Hall–Kier alpha value is -1.51. The summed E-state index contributed by atoms with van der Waals surface area (Å²) >= 11 is 6.00. The van der Waals surface area contributed by atoms with Crippen LogP contribution in [0.2, 0.25) is 5.02 Å². The molecule has 0 saturated carbocycles. The number of hydrogen-bond donors (Lipinski definition) is 1. The van der Waals surface area contributed by atoms with Gasteiger partial charge in [-0.05, 0) is 23.8 Å². The van der Waals surface area contributed by atoms with Gasteiger partial charge in [0.15, 0.2) is 0 Å². The average Bonchev–Trinajstić information content (AvgIpc) is 2.61. The van der Waals surface area contributed by atoms with Gasteiger partial charge in [-0.1, -0.05) is 41.9 Å². The van der Waals surface area contributed by atoms with Crippen molar-refractivity contribution in [2.24, 2.45) is 0 Å². The second-order valence-electron chi connectivity index (χ2n) is 4.40. The van der Waals surface area contributed by atoms with Crippen LogP contribution < -0.4 is 10.1 Å². The van der Waals surface area contributed by atoms with Gasteiger partial charge in [0.2, 0.25) is 0 Å². The fraction of sp³-hybridized carbons (Fsp3) is 0.200. The van der Waals surface area contributed by atoms with Gasteiger partial charge in [-0.3, -0.25) is 0 Å². The minimum atomic E-state index is 0.0497. The molecule has 0 spiro atoms. The second kappa shape index (κ2) is 5.01. The van der Waals surface area contributed by atoms with Crippen LogP contribution >= 0.6 is 11.6 Å². The zero-order valence-electron chi connectivity index (χ0n) is 9.90. The number of halogens is 1. The van der Waals surface area contributed by atoms with E-state index in [4.69, 9.17) is 16.3 Å². The van der Waals surface area contributed by atoms with Crippen LogP contribution in [0, 0.1) is 0 Å². The number of benzene rings is 2. The summed E-state index contributed by atoms with van der Waals surface area (Å²) in [6.45, 7) is 1.59. The molecular formula is C15H14ClNO. The molecule has 3 heteroatoms. The minimum Gasteiger partial charge on any atom is -0.484 e. The first kappa shape index (κ1) is 11.6. The first-order chi connectivity index (χ1) is 8.83. The van der Waals surface area contributed by atoms with Crippen LogP contribution in [-0.2, 0) is 6.54 Å². The van der Waals surface area contributed by atoms with Crippen molar-refractivity contribution >= 4 is 11.6 Å². The number of nitrogens with one attached hydrogen (secondary N) is 1. The summed E-state index contributed by atoms with van der Waals surface area (Å²) < 4.78 is 6.08. The summed E-state index contributed by atoms with van der Waals surface area (Å²) in [5.41, 5.74) is 2.30. The smallest absolute Gasteiger partial charge is 0.136 e. The van der Waals surface area contributed by atoms with E-state index in [-0.39, 0.29) is 6.10 Å². The Morgan fingerprint density at radius 2 is 1.94 bits per heavy atom. The first-order valence-corrected chi connectivity index (χ1v) is 6.41. The third-order valence-corrected chi connectivity index (χ3v) is 3.34. The summed E-state index contributed by atoms with van der Waals surface area (Å²) in [5.74, 6) is 0.915. The normalized spacial score (nSPS) is 18.6. The maximum atomic E-state index is 6.08. The number of ether oxygens (including phenoxy) is 1. The van der Waals surface area contributed by atoms with Crippen LogP contribution in [0.3, 0.4) is 0 Å². The molecule has 0 fully saturated rings. The third-order valence-electron chi connectivity index (χ3n) is 3.11. The maximum absolute atomic E-state index is 6.08. The maximum Gasteiger partial charge on any atom is 0.136 e. The van der Waals surface area contributed by atoms with Crippen molar-refractivity contribution in [1.29, 1.82) is 0 Å². The molecule has 0 aliphatic carbocycles. The molecule has 0 radical (unpaired) electrons. The number of rotatable bonds is 1. The quantitative estimate of drug-likeness (QED) is 0.846. The van der Waals surface area contributed by atoms with Crippen molar-refractivity contribution in [3.05, 3.63) is 64.7 Å². The van der Waals surface area contributed by atoms with Crippen LogP contribution in [0.5, 0.6) is 5.75 Å². The molecule has 2 nitrogen and oxygen atoms in total. The van der Waals surface area contributed by atoms with E-state index >= 15 is 0 Å². The van der Waals surface area contributed by atoms with Gasteiger partial charge in [-0.25, -0.2) is 0 Å². The van der Waals surface area contributed by atoms with Crippen LogP contribution in [0.15, 0.2) is 48.5 Å². The largest absolute Gasteiger partial charge is 0.484 e. The summed E-state index contributed by atoms with van der Waals surface area (Å²) in [7, 11) is 0. The Kier molecular flexibility index (Phi) is 3.22. The lowest BCUT2D eigenvalue weighted by Crippen LogP contribution is -2.21. The van der Waals surface area contributed by atoms with Gasteiger partial charge in [0.05, 0.1) is 0 Å². The van der Waals surface area contributed by atoms with Gasteiger partial charge in [0.25, 0.3) is 0 Å². The SMILES string of the molecule is Clc1ccc2c(c1)CNCC(c1ccccc1)O2. The molecule has 1 heterocycles. The molecule has 1 atom stereocenters. The summed E-state index contributed by atoms with van der Waals surface area (Å²) in [4.78, 5) is 0. The molecule has 1 aliphatic rings. The molecular weight excluding hydrogens is 246 g/mol. The van der Waals surface area contributed by atoms with E-state index in [1.807, 2.05) is 36.4 Å². The van der Waals surface area contributed by atoms with Crippen LogP contribution in [-0.4, -0.2) is 6.54 Å². The predicted octanol–water partition coefficient (Wildman–Crippen LogP) is 3.56. The average molecular weight is 260 g/mol. The lowest BCUT2D eigenvalue weighted by molar-refractivity contribution is 0.210. The topological polar surface area (TPSA) is 21.3 Å². The monoisotopic (exact) mass is 259 g/mol. The Bertz CT molecular complexity index is 541. The summed E-state index contributed by atoms with van der Waals surface area (Å²) in [5, 5.41) is 4.14. The van der Waals surface area contributed by atoms with Crippen molar-refractivity contribution in [1.82, 2.24) is 5.32 Å². The van der Waals surface area contributed by atoms with E-state index in [1.54, 1.807) is 0 Å². The van der Waals surface area contributed by atoms with Gasteiger partial charge < -0.3 is 10.1 Å². The number of fused-ring (bicyclic) bond motifs is 1. The Morgan fingerprint density at radius 1 is 1.11 bits per heavy atom. The van der Waals surface area contributed by atoms with Crippen molar-refractivity contribution in [2.45, 2.75) is 12.6 Å². The highest BCUT2D eigenvalue weighted by Gasteiger charge is 2.18. The molecule has 0 saturated heterocycles. The fourth-order valence-corrected chi connectivity index (χ4v) is 2.38. The summed E-state index contributed by atoms with van der Waals surface area (Å²) in [6.07, 6.45) is 0.0497. The molecule has 0 amide bonds. The fourth-order valence-electron chi connectivity index (χ4n) is 2.19. The van der Waals surface area contributed by atoms with E-state index < -0.39 is 0 Å². The van der Waals surface area contributed by atoms with Crippen molar-refractivity contribution < 1.29 is 4.74 Å². The molecule has 1 N–H and O–H groups in total. The molecule has 2 aromatic carbocycles. The second-order valence-corrected chi connectivity index (χ2v) is 4.84. The zero-order valence-corrected chi connectivity index (χ0v) is 10.7. The number of hydrogen-bond acceptors (Lipinski definition) is 2. The highest BCUT2D eigenvalue weighted by molar-refractivity contribution is 6.30.